The number of methoxy groups -OCH3 is 1. The monoisotopic (exact) mass is 346 g/mol. The van der Waals surface area contributed by atoms with E-state index in [1.165, 1.54) is 14.0 Å². The first-order valence-corrected chi connectivity index (χ1v) is 6.43. The highest BCUT2D eigenvalue weighted by molar-refractivity contribution is 9.10. The molecule has 0 aliphatic carbocycles. The second-order valence-electron chi connectivity index (χ2n) is 3.67. The van der Waals surface area contributed by atoms with E-state index >= 15 is 0 Å². The molecule has 19 heavy (non-hydrogen) atoms. The Balaban J connectivity index is 3.23. The van der Waals surface area contributed by atoms with Crippen LogP contribution in [0.1, 0.15) is 18.6 Å². The number of halogens is 2. The molecule has 0 aliphatic heterocycles. The first-order chi connectivity index (χ1) is 8.86. The van der Waals surface area contributed by atoms with Crippen LogP contribution in [0.2, 0.25) is 5.02 Å². The van der Waals surface area contributed by atoms with Gasteiger partial charge in [-0.3, -0.25) is 4.79 Å². The smallest absolute Gasteiger partial charge is 0.337 e. The molecule has 102 valence electrons. The Kier molecular flexibility index (Phi) is 5.57. The van der Waals surface area contributed by atoms with Crippen molar-refractivity contribution in [3.8, 4) is 0 Å². The third-order valence-corrected chi connectivity index (χ3v) is 3.25. The zero-order valence-electron chi connectivity index (χ0n) is 10.4. The average molecular weight is 348 g/mol. The maximum atomic E-state index is 11.5. The Morgan fingerprint density at radius 3 is 2.58 bits per heavy atom. The molecule has 0 aliphatic rings. The Morgan fingerprint density at radius 2 is 2.05 bits per heavy atom. The number of carbonyl (C=O) groups excluding carboxylic acids is 2. The van der Waals surface area contributed by atoms with E-state index in [9.17, 15) is 9.59 Å². The second kappa shape index (κ2) is 6.73. The van der Waals surface area contributed by atoms with Crippen LogP contribution in [-0.2, 0) is 19.1 Å². The molecule has 1 rings (SSSR count). The molecule has 0 fully saturated rings. The molecule has 0 amide bonds. The minimum Gasteiger partial charge on any atom is -0.466 e. The molecular formula is C13H12BrClO4. The summed E-state index contributed by atoms with van der Waals surface area (Å²) in [4.78, 5) is 22.7. The third-order valence-electron chi connectivity index (χ3n) is 2.29. The summed E-state index contributed by atoms with van der Waals surface area (Å²) in [5.74, 6) is -1.19. The summed E-state index contributed by atoms with van der Waals surface area (Å²) in [7, 11) is 1.23. The standard InChI is InChI=1S/C13H12BrClO4/c1-7(13(17)18-3)12(19-8(2)16)10-6-9(15)4-5-11(10)14/h4-6,12H,1H2,2-3H3. The van der Waals surface area contributed by atoms with Gasteiger partial charge in [0, 0.05) is 22.0 Å². The Hall–Kier alpha value is -1.33. The molecule has 1 unspecified atom stereocenters. The fraction of sp³-hybridized carbons (Fsp3) is 0.231. The number of rotatable bonds is 4. The van der Waals surface area contributed by atoms with E-state index in [0.29, 0.717) is 15.1 Å². The van der Waals surface area contributed by atoms with Crippen molar-refractivity contribution in [2.45, 2.75) is 13.0 Å². The van der Waals surface area contributed by atoms with E-state index in [2.05, 4.69) is 27.2 Å². The molecular weight excluding hydrogens is 335 g/mol. The lowest BCUT2D eigenvalue weighted by molar-refractivity contribution is -0.147. The lowest BCUT2D eigenvalue weighted by atomic mass is 10.0. The largest absolute Gasteiger partial charge is 0.466 e. The molecule has 1 atom stereocenters. The fourth-order valence-electron chi connectivity index (χ4n) is 1.44. The van der Waals surface area contributed by atoms with E-state index in [1.807, 2.05) is 0 Å². The van der Waals surface area contributed by atoms with Gasteiger partial charge >= 0.3 is 11.9 Å². The van der Waals surface area contributed by atoms with Crippen LogP contribution < -0.4 is 0 Å². The van der Waals surface area contributed by atoms with Gasteiger partial charge in [0.2, 0.25) is 0 Å². The molecule has 1 aromatic rings. The van der Waals surface area contributed by atoms with Crippen molar-refractivity contribution in [1.29, 1.82) is 0 Å². The van der Waals surface area contributed by atoms with Crippen molar-refractivity contribution in [1.82, 2.24) is 0 Å². The molecule has 4 nitrogen and oxygen atoms in total. The maximum absolute atomic E-state index is 11.5. The third kappa shape index (κ3) is 4.08. The Morgan fingerprint density at radius 1 is 1.42 bits per heavy atom. The van der Waals surface area contributed by atoms with Crippen molar-refractivity contribution in [2.24, 2.45) is 0 Å². The summed E-state index contributed by atoms with van der Waals surface area (Å²) in [5.41, 5.74) is 0.541. The van der Waals surface area contributed by atoms with Crippen LogP contribution in [0.5, 0.6) is 0 Å². The van der Waals surface area contributed by atoms with Crippen LogP contribution in [0.4, 0.5) is 0 Å². The summed E-state index contributed by atoms with van der Waals surface area (Å²) in [6.45, 7) is 4.86. The van der Waals surface area contributed by atoms with Gasteiger partial charge < -0.3 is 9.47 Å². The minimum absolute atomic E-state index is 0.0145. The average Bonchev–Trinajstić information content (AvgIpc) is 2.37. The fourth-order valence-corrected chi connectivity index (χ4v) is 2.08. The van der Waals surface area contributed by atoms with Crippen molar-refractivity contribution in [3.63, 3.8) is 0 Å². The van der Waals surface area contributed by atoms with Gasteiger partial charge in [-0.2, -0.15) is 0 Å². The number of hydrogen-bond donors (Lipinski definition) is 0. The lowest BCUT2D eigenvalue weighted by Crippen LogP contribution is -2.17. The van der Waals surface area contributed by atoms with Crippen molar-refractivity contribution in [3.05, 3.63) is 45.4 Å². The summed E-state index contributed by atoms with van der Waals surface area (Å²) < 4.78 is 10.4. The summed E-state index contributed by atoms with van der Waals surface area (Å²) in [5, 5.41) is 0.452. The lowest BCUT2D eigenvalue weighted by Gasteiger charge is -2.19. The molecule has 1 aromatic carbocycles. The topological polar surface area (TPSA) is 52.6 Å². The van der Waals surface area contributed by atoms with Crippen LogP contribution in [0.15, 0.2) is 34.8 Å². The molecule has 0 N–H and O–H groups in total. The van der Waals surface area contributed by atoms with Gasteiger partial charge in [-0.1, -0.05) is 34.1 Å². The number of benzene rings is 1. The highest BCUT2D eigenvalue weighted by Gasteiger charge is 2.26. The maximum Gasteiger partial charge on any atom is 0.337 e. The molecule has 0 spiro atoms. The van der Waals surface area contributed by atoms with E-state index < -0.39 is 18.0 Å². The van der Waals surface area contributed by atoms with Crippen molar-refractivity contribution >= 4 is 39.5 Å². The van der Waals surface area contributed by atoms with Crippen LogP contribution >= 0.6 is 27.5 Å². The summed E-state index contributed by atoms with van der Waals surface area (Å²) in [6.07, 6.45) is -0.946. The van der Waals surface area contributed by atoms with Gasteiger partial charge in [-0.05, 0) is 18.2 Å². The van der Waals surface area contributed by atoms with E-state index in [0.717, 1.165) is 0 Å². The van der Waals surface area contributed by atoms with Crippen LogP contribution in [0, 0.1) is 0 Å². The van der Waals surface area contributed by atoms with E-state index in [-0.39, 0.29) is 5.57 Å². The van der Waals surface area contributed by atoms with Crippen LogP contribution in [-0.4, -0.2) is 19.0 Å². The van der Waals surface area contributed by atoms with Gasteiger partial charge in [0.15, 0.2) is 6.10 Å². The van der Waals surface area contributed by atoms with E-state index in [1.54, 1.807) is 18.2 Å². The molecule has 0 saturated heterocycles. The number of hydrogen-bond acceptors (Lipinski definition) is 4. The highest BCUT2D eigenvalue weighted by Crippen LogP contribution is 2.33. The van der Waals surface area contributed by atoms with Crippen LogP contribution in [0.25, 0.3) is 0 Å². The normalized spacial score (nSPS) is 11.6. The highest BCUT2D eigenvalue weighted by atomic mass is 79.9. The molecule has 0 aromatic heterocycles. The predicted molar refractivity (Wildman–Crippen MR) is 74.8 cm³/mol. The number of ether oxygens (including phenoxy) is 2. The molecule has 0 radical (unpaired) electrons. The van der Waals surface area contributed by atoms with Gasteiger partial charge in [0.05, 0.1) is 12.7 Å². The van der Waals surface area contributed by atoms with Gasteiger partial charge in [0.25, 0.3) is 0 Å². The van der Waals surface area contributed by atoms with Gasteiger partial charge in [0.1, 0.15) is 0 Å². The van der Waals surface area contributed by atoms with Crippen molar-refractivity contribution < 1.29 is 19.1 Å². The summed E-state index contributed by atoms with van der Waals surface area (Å²) >= 11 is 9.23. The minimum atomic E-state index is -0.946. The zero-order chi connectivity index (χ0) is 14.6. The van der Waals surface area contributed by atoms with E-state index in [4.69, 9.17) is 16.3 Å². The SMILES string of the molecule is C=C(C(=O)OC)C(OC(C)=O)c1cc(Cl)ccc1Br. The molecule has 6 heteroatoms. The summed E-state index contributed by atoms with van der Waals surface area (Å²) in [6, 6.07) is 4.95. The first-order valence-electron chi connectivity index (χ1n) is 5.26. The molecule has 0 bridgehead atoms. The number of esters is 2. The first kappa shape index (κ1) is 15.7. The van der Waals surface area contributed by atoms with Gasteiger partial charge in [-0.15, -0.1) is 0 Å². The number of carbonyl (C=O) groups is 2. The van der Waals surface area contributed by atoms with Crippen LogP contribution in [0.3, 0.4) is 0 Å². The Labute approximate surface area is 124 Å². The molecule has 0 saturated carbocycles. The Bertz CT molecular complexity index is 527. The predicted octanol–water partition coefficient (Wildman–Crippen LogP) is 3.44. The zero-order valence-corrected chi connectivity index (χ0v) is 12.7. The molecule has 0 heterocycles. The van der Waals surface area contributed by atoms with Crippen molar-refractivity contribution in [2.75, 3.05) is 7.11 Å². The quantitative estimate of drug-likeness (QED) is 0.618. The second-order valence-corrected chi connectivity index (χ2v) is 4.96. The van der Waals surface area contributed by atoms with Gasteiger partial charge in [-0.25, -0.2) is 4.79 Å².